The number of nitrogens with zero attached hydrogens (tertiary/aromatic N) is 3. The first-order valence-corrected chi connectivity index (χ1v) is 9.60. The molecular formula is C21H26N4O3. The molecule has 1 aliphatic heterocycles. The zero-order chi connectivity index (χ0) is 19.8. The second-order valence-corrected chi connectivity index (χ2v) is 6.94. The van der Waals surface area contributed by atoms with Gasteiger partial charge >= 0.3 is 0 Å². The van der Waals surface area contributed by atoms with Crippen LogP contribution in [0.2, 0.25) is 0 Å². The molecular weight excluding hydrogens is 356 g/mol. The quantitative estimate of drug-likeness (QED) is 0.347. The summed E-state index contributed by atoms with van der Waals surface area (Å²) >= 11 is 0. The lowest BCUT2D eigenvalue weighted by molar-refractivity contribution is -0.384. The highest BCUT2D eigenvalue weighted by Crippen LogP contribution is 2.14. The maximum absolute atomic E-state index is 10.8. The van der Waals surface area contributed by atoms with Gasteiger partial charge in [0.25, 0.3) is 5.69 Å². The second kappa shape index (κ2) is 9.85. The van der Waals surface area contributed by atoms with Gasteiger partial charge in [-0.2, -0.15) is 0 Å². The van der Waals surface area contributed by atoms with Crippen LogP contribution >= 0.6 is 0 Å². The van der Waals surface area contributed by atoms with E-state index in [0.29, 0.717) is 6.54 Å². The summed E-state index contributed by atoms with van der Waals surface area (Å²) in [4.78, 5) is 17.3. The van der Waals surface area contributed by atoms with Gasteiger partial charge in [0, 0.05) is 31.8 Å². The van der Waals surface area contributed by atoms with Gasteiger partial charge in [-0.15, -0.1) is 0 Å². The summed E-state index contributed by atoms with van der Waals surface area (Å²) in [5, 5.41) is 24.0. The van der Waals surface area contributed by atoms with E-state index in [4.69, 9.17) is 4.99 Å². The number of hydrogen-bond donors (Lipinski definition) is 2. The van der Waals surface area contributed by atoms with Gasteiger partial charge in [-0.3, -0.25) is 10.1 Å². The number of nitro groups is 1. The van der Waals surface area contributed by atoms with E-state index in [1.54, 1.807) is 12.1 Å². The van der Waals surface area contributed by atoms with Crippen molar-refractivity contribution in [2.75, 3.05) is 19.6 Å². The molecule has 7 heteroatoms. The molecule has 1 saturated heterocycles. The van der Waals surface area contributed by atoms with E-state index in [9.17, 15) is 15.2 Å². The van der Waals surface area contributed by atoms with Crippen molar-refractivity contribution in [3.05, 3.63) is 75.8 Å². The number of aliphatic hydroxyl groups is 1. The third-order valence-electron chi connectivity index (χ3n) is 4.86. The first-order valence-electron chi connectivity index (χ1n) is 9.60. The highest BCUT2D eigenvalue weighted by Gasteiger charge is 2.19. The van der Waals surface area contributed by atoms with Crippen molar-refractivity contribution in [2.45, 2.75) is 31.9 Å². The molecule has 0 atom stereocenters. The van der Waals surface area contributed by atoms with Crippen LogP contribution in [-0.4, -0.2) is 46.6 Å². The van der Waals surface area contributed by atoms with E-state index >= 15 is 0 Å². The van der Waals surface area contributed by atoms with E-state index < -0.39 is 4.92 Å². The topological polar surface area (TPSA) is 91.0 Å². The highest BCUT2D eigenvalue weighted by atomic mass is 16.6. The number of non-ortho nitro benzene ring substituents is 1. The summed E-state index contributed by atoms with van der Waals surface area (Å²) in [5.41, 5.74) is 2.27. The molecule has 0 radical (unpaired) electrons. The number of aliphatic imine (C=N–C) groups is 1. The van der Waals surface area contributed by atoms with Gasteiger partial charge < -0.3 is 15.3 Å². The summed E-state index contributed by atoms with van der Waals surface area (Å²) in [6.45, 7) is 2.74. The highest BCUT2D eigenvalue weighted by molar-refractivity contribution is 5.80. The van der Waals surface area contributed by atoms with Crippen molar-refractivity contribution in [1.82, 2.24) is 10.2 Å². The lowest BCUT2D eigenvalue weighted by Crippen LogP contribution is -2.47. The largest absolute Gasteiger partial charge is 0.393 e. The Labute approximate surface area is 164 Å². The summed E-state index contributed by atoms with van der Waals surface area (Å²) in [6, 6.07) is 16.8. The van der Waals surface area contributed by atoms with E-state index in [0.717, 1.165) is 50.4 Å². The molecule has 0 unspecified atom stereocenters. The number of aliphatic hydroxyl groups excluding tert-OH is 1. The van der Waals surface area contributed by atoms with Gasteiger partial charge in [0.2, 0.25) is 0 Å². The lowest BCUT2D eigenvalue weighted by atomic mass is 10.1. The van der Waals surface area contributed by atoms with E-state index in [2.05, 4.69) is 22.3 Å². The van der Waals surface area contributed by atoms with Crippen molar-refractivity contribution < 1.29 is 10.0 Å². The number of rotatable bonds is 6. The monoisotopic (exact) mass is 382 g/mol. The minimum atomic E-state index is -0.400. The average Bonchev–Trinajstić information content (AvgIpc) is 2.72. The zero-order valence-electron chi connectivity index (χ0n) is 15.8. The molecule has 2 N–H and O–H groups in total. The van der Waals surface area contributed by atoms with Crippen LogP contribution in [0.5, 0.6) is 0 Å². The molecule has 1 fully saturated rings. The normalized spacial score (nSPS) is 15.5. The smallest absolute Gasteiger partial charge is 0.269 e. The molecule has 0 spiro atoms. The number of hydrogen-bond acceptors (Lipinski definition) is 4. The van der Waals surface area contributed by atoms with Crippen LogP contribution in [0.15, 0.2) is 59.6 Å². The summed E-state index contributed by atoms with van der Waals surface area (Å²) in [6.07, 6.45) is 2.12. The van der Waals surface area contributed by atoms with Crippen LogP contribution in [0, 0.1) is 10.1 Å². The summed E-state index contributed by atoms with van der Waals surface area (Å²) in [5.74, 6) is 0.821. The number of guanidine groups is 1. The van der Waals surface area contributed by atoms with Crippen molar-refractivity contribution in [2.24, 2.45) is 4.99 Å². The number of likely N-dealkylation sites (tertiary alicyclic amines) is 1. The SMILES string of the molecule is O=[N+]([O-])c1ccc(CN=C(NCCc2ccccc2)N2CCC(O)CC2)cc1. The minimum absolute atomic E-state index is 0.0824. The Kier molecular flexibility index (Phi) is 6.97. The Morgan fingerprint density at radius 1 is 1.11 bits per heavy atom. The van der Waals surface area contributed by atoms with Gasteiger partial charge in [0.05, 0.1) is 17.6 Å². The fourth-order valence-electron chi connectivity index (χ4n) is 3.20. The second-order valence-electron chi connectivity index (χ2n) is 6.94. The average molecular weight is 382 g/mol. The molecule has 1 heterocycles. The predicted octanol–water partition coefficient (Wildman–Crippen LogP) is 2.74. The van der Waals surface area contributed by atoms with Crippen LogP contribution in [0.1, 0.15) is 24.0 Å². The van der Waals surface area contributed by atoms with Crippen LogP contribution in [0.3, 0.4) is 0 Å². The van der Waals surface area contributed by atoms with Crippen LogP contribution in [-0.2, 0) is 13.0 Å². The number of piperidine rings is 1. The fourth-order valence-corrected chi connectivity index (χ4v) is 3.20. The first kappa shape index (κ1) is 19.8. The molecule has 1 aliphatic rings. The number of benzene rings is 2. The Morgan fingerprint density at radius 2 is 1.79 bits per heavy atom. The number of nitro benzene ring substituents is 1. The van der Waals surface area contributed by atoms with Crippen molar-refractivity contribution in [3.8, 4) is 0 Å². The fraction of sp³-hybridized carbons (Fsp3) is 0.381. The Balaban J connectivity index is 1.64. The number of nitrogens with one attached hydrogen (secondary N) is 1. The molecule has 7 nitrogen and oxygen atoms in total. The molecule has 0 saturated carbocycles. The van der Waals surface area contributed by atoms with Gasteiger partial charge in [-0.25, -0.2) is 4.99 Å². The molecule has 2 aromatic rings. The van der Waals surface area contributed by atoms with Crippen LogP contribution in [0.25, 0.3) is 0 Å². The molecule has 148 valence electrons. The van der Waals surface area contributed by atoms with E-state index in [1.807, 2.05) is 18.2 Å². The van der Waals surface area contributed by atoms with Gasteiger partial charge in [-0.1, -0.05) is 42.5 Å². The van der Waals surface area contributed by atoms with Crippen molar-refractivity contribution in [1.29, 1.82) is 0 Å². The molecule has 0 aromatic heterocycles. The van der Waals surface area contributed by atoms with E-state index in [1.165, 1.54) is 17.7 Å². The Morgan fingerprint density at radius 3 is 2.43 bits per heavy atom. The maximum Gasteiger partial charge on any atom is 0.269 e. The first-order chi connectivity index (χ1) is 13.6. The molecule has 0 bridgehead atoms. The zero-order valence-corrected chi connectivity index (χ0v) is 15.8. The standard InChI is InChI=1S/C21H26N4O3/c26-20-11-14-24(15-12-20)21(22-13-10-17-4-2-1-3-5-17)23-16-18-6-8-19(9-7-18)25(27)28/h1-9,20,26H,10-16H2,(H,22,23). The Hall–Kier alpha value is -2.93. The predicted molar refractivity (Wildman–Crippen MR) is 109 cm³/mol. The summed E-state index contributed by atoms with van der Waals surface area (Å²) in [7, 11) is 0. The minimum Gasteiger partial charge on any atom is -0.393 e. The summed E-state index contributed by atoms with van der Waals surface area (Å²) < 4.78 is 0. The Bertz CT molecular complexity index is 785. The molecule has 0 aliphatic carbocycles. The van der Waals surface area contributed by atoms with Gasteiger partial charge in [0.1, 0.15) is 0 Å². The lowest BCUT2D eigenvalue weighted by Gasteiger charge is -2.32. The molecule has 0 amide bonds. The van der Waals surface area contributed by atoms with Crippen molar-refractivity contribution >= 4 is 11.6 Å². The van der Waals surface area contributed by atoms with Crippen molar-refractivity contribution in [3.63, 3.8) is 0 Å². The maximum atomic E-state index is 10.8. The van der Waals surface area contributed by atoms with Crippen LogP contribution in [0.4, 0.5) is 5.69 Å². The van der Waals surface area contributed by atoms with Crippen LogP contribution < -0.4 is 5.32 Å². The third kappa shape index (κ3) is 5.79. The van der Waals surface area contributed by atoms with Gasteiger partial charge in [0.15, 0.2) is 5.96 Å². The molecule has 3 rings (SSSR count). The third-order valence-corrected chi connectivity index (χ3v) is 4.86. The van der Waals surface area contributed by atoms with Gasteiger partial charge in [-0.05, 0) is 30.4 Å². The molecule has 2 aromatic carbocycles. The molecule has 28 heavy (non-hydrogen) atoms. The van der Waals surface area contributed by atoms with E-state index in [-0.39, 0.29) is 11.8 Å².